The van der Waals surface area contributed by atoms with E-state index in [2.05, 4.69) is 15.5 Å². The van der Waals surface area contributed by atoms with Crippen LogP contribution in [0.3, 0.4) is 0 Å². The predicted molar refractivity (Wildman–Crippen MR) is 60.3 cm³/mol. The zero-order valence-electron chi connectivity index (χ0n) is 10.5. The van der Waals surface area contributed by atoms with E-state index >= 15 is 0 Å². The first-order valence-corrected chi connectivity index (χ1v) is 5.81. The average Bonchev–Trinajstić information content (AvgIpc) is 2.80. The summed E-state index contributed by atoms with van der Waals surface area (Å²) in [5.74, 6) is 0.751. The summed E-state index contributed by atoms with van der Waals surface area (Å²) in [5.41, 5.74) is -1.61. The highest BCUT2D eigenvalue weighted by Crippen LogP contribution is 2.31. The van der Waals surface area contributed by atoms with Gasteiger partial charge in [0.05, 0.1) is 0 Å². The number of aliphatic hydroxyl groups is 1. The molecule has 1 aromatic heterocycles. The van der Waals surface area contributed by atoms with E-state index in [-0.39, 0.29) is 0 Å². The molecule has 0 amide bonds. The fourth-order valence-corrected chi connectivity index (χ4v) is 1.80. The topological polar surface area (TPSA) is 80.4 Å². The Bertz CT molecular complexity index is 383. The second-order valence-corrected chi connectivity index (χ2v) is 4.92. The van der Waals surface area contributed by atoms with E-state index < -0.39 is 11.2 Å². The predicted octanol–water partition coefficient (Wildman–Crippen LogP) is 0.522. The van der Waals surface area contributed by atoms with Crippen LogP contribution in [0.15, 0.2) is 4.52 Å². The van der Waals surface area contributed by atoms with Crippen LogP contribution in [0.1, 0.15) is 38.4 Å². The van der Waals surface area contributed by atoms with E-state index in [0.29, 0.717) is 24.6 Å². The van der Waals surface area contributed by atoms with Crippen molar-refractivity contribution in [1.29, 1.82) is 0 Å². The molecule has 17 heavy (non-hydrogen) atoms. The maximum absolute atomic E-state index is 10.4. The van der Waals surface area contributed by atoms with E-state index in [1.807, 2.05) is 13.8 Å². The number of nitrogens with zero attached hydrogens (tertiary/aromatic N) is 2. The normalized spacial score (nSPS) is 20.5. The lowest BCUT2D eigenvalue weighted by Gasteiger charge is -2.28. The van der Waals surface area contributed by atoms with Crippen molar-refractivity contribution in [2.24, 2.45) is 0 Å². The Morgan fingerprint density at radius 1 is 1.41 bits per heavy atom. The molecule has 1 aliphatic rings. The smallest absolute Gasteiger partial charge is 0.258 e. The van der Waals surface area contributed by atoms with Gasteiger partial charge in [-0.25, -0.2) is 0 Å². The first kappa shape index (κ1) is 12.5. The summed E-state index contributed by atoms with van der Waals surface area (Å²) in [5, 5.41) is 17.5. The molecule has 1 aliphatic heterocycles. The van der Waals surface area contributed by atoms with Gasteiger partial charge in [0, 0.05) is 7.11 Å². The molecule has 0 aliphatic carbocycles. The van der Waals surface area contributed by atoms with Crippen molar-refractivity contribution in [2.75, 3.05) is 20.2 Å². The monoisotopic (exact) mass is 241 g/mol. The molecule has 0 atom stereocenters. The largest absolute Gasteiger partial charge is 0.380 e. The fourth-order valence-electron chi connectivity index (χ4n) is 1.80. The van der Waals surface area contributed by atoms with Crippen LogP contribution in [-0.4, -0.2) is 35.4 Å². The summed E-state index contributed by atoms with van der Waals surface area (Å²) >= 11 is 0. The Balaban J connectivity index is 2.23. The number of hydrogen-bond acceptors (Lipinski definition) is 6. The lowest BCUT2D eigenvalue weighted by molar-refractivity contribution is -0.0228. The van der Waals surface area contributed by atoms with Gasteiger partial charge in [-0.2, -0.15) is 4.98 Å². The molecule has 0 spiro atoms. The Hall–Kier alpha value is -0.980. The van der Waals surface area contributed by atoms with Gasteiger partial charge in [0.1, 0.15) is 11.2 Å². The van der Waals surface area contributed by atoms with Gasteiger partial charge in [0.15, 0.2) is 0 Å². The molecule has 6 nitrogen and oxygen atoms in total. The first-order valence-electron chi connectivity index (χ1n) is 5.81. The van der Waals surface area contributed by atoms with Crippen LogP contribution in [0.5, 0.6) is 0 Å². The number of ether oxygens (including phenoxy) is 1. The third kappa shape index (κ3) is 2.34. The molecular weight excluding hydrogens is 222 g/mol. The van der Waals surface area contributed by atoms with Crippen molar-refractivity contribution < 1.29 is 14.4 Å². The fraction of sp³-hybridized carbons (Fsp3) is 0.818. The molecular formula is C11H19N3O3. The summed E-state index contributed by atoms with van der Waals surface area (Å²) in [6, 6.07) is 0. The van der Waals surface area contributed by atoms with Crippen molar-refractivity contribution in [3.63, 3.8) is 0 Å². The van der Waals surface area contributed by atoms with Crippen molar-refractivity contribution in [1.82, 2.24) is 15.5 Å². The maximum Gasteiger partial charge on any atom is 0.258 e. The van der Waals surface area contributed by atoms with E-state index in [1.54, 1.807) is 7.11 Å². The first-order chi connectivity index (χ1) is 7.98. The lowest BCUT2D eigenvalue weighted by atomic mass is 9.92. The highest BCUT2D eigenvalue weighted by atomic mass is 16.5. The minimum absolute atomic E-state index is 0.291. The second kappa shape index (κ2) is 4.36. The van der Waals surface area contributed by atoms with Crippen molar-refractivity contribution in [3.8, 4) is 0 Å². The van der Waals surface area contributed by atoms with Crippen molar-refractivity contribution in [3.05, 3.63) is 11.7 Å². The lowest BCUT2D eigenvalue weighted by Crippen LogP contribution is -2.40. The van der Waals surface area contributed by atoms with Gasteiger partial charge in [-0.15, -0.1) is 0 Å². The maximum atomic E-state index is 10.4. The van der Waals surface area contributed by atoms with Crippen LogP contribution in [0.2, 0.25) is 0 Å². The third-order valence-corrected chi connectivity index (χ3v) is 3.30. The van der Waals surface area contributed by atoms with E-state index in [0.717, 1.165) is 13.1 Å². The van der Waals surface area contributed by atoms with Crippen LogP contribution in [-0.2, 0) is 15.9 Å². The number of methoxy groups -OCH3 is 1. The molecule has 2 N–H and O–H groups in total. The van der Waals surface area contributed by atoms with Crippen molar-refractivity contribution >= 4 is 0 Å². The van der Waals surface area contributed by atoms with Gasteiger partial charge in [-0.1, -0.05) is 5.16 Å². The molecule has 0 aromatic carbocycles. The van der Waals surface area contributed by atoms with Gasteiger partial charge in [0.25, 0.3) is 5.89 Å². The Labute approximate surface area is 100 Å². The molecule has 96 valence electrons. The van der Waals surface area contributed by atoms with Gasteiger partial charge < -0.3 is 19.7 Å². The minimum atomic E-state index is -1.000. The molecule has 1 fully saturated rings. The van der Waals surface area contributed by atoms with Gasteiger partial charge in [-0.3, -0.25) is 0 Å². The number of rotatable bonds is 3. The highest BCUT2D eigenvalue weighted by Gasteiger charge is 2.38. The Kier molecular flexibility index (Phi) is 3.20. The molecule has 1 aromatic rings. The Morgan fingerprint density at radius 2 is 2.06 bits per heavy atom. The van der Waals surface area contributed by atoms with Crippen LogP contribution in [0.4, 0.5) is 0 Å². The Morgan fingerprint density at radius 3 is 2.65 bits per heavy atom. The summed E-state index contributed by atoms with van der Waals surface area (Å²) in [7, 11) is 1.59. The molecule has 0 saturated carbocycles. The molecule has 1 saturated heterocycles. The minimum Gasteiger partial charge on any atom is -0.380 e. The number of nitrogens with one attached hydrogen (secondary N) is 1. The van der Waals surface area contributed by atoms with Gasteiger partial charge in [0.2, 0.25) is 5.82 Å². The molecule has 0 unspecified atom stereocenters. The van der Waals surface area contributed by atoms with Crippen LogP contribution in [0.25, 0.3) is 0 Å². The quantitative estimate of drug-likeness (QED) is 0.803. The zero-order valence-corrected chi connectivity index (χ0v) is 10.5. The van der Waals surface area contributed by atoms with Crippen LogP contribution >= 0.6 is 0 Å². The number of piperidine rings is 1. The average molecular weight is 241 g/mol. The molecule has 6 heteroatoms. The number of aromatic nitrogens is 2. The summed E-state index contributed by atoms with van der Waals surface area (Å²) in [6.07, 6.45) is 1.17. The zero-order chi connectivity index (χ0) is 12.5. The van der Waals surface area contributed by atoms with Crippen molar-refractivity contribution in [2.45, 2.75) is 37.9 Å². The van der Waals surface area contributed by atoms with Crippen LogP contribution in [0, 0.1) is 0 Å². The molecule has 0 radical (unpaired) electrons. The summed E-state index contributed by atoms with van der Waals surface area (Å²) in [4.78, 5) is 4.27. The highest BCUT2D eigenvalue weighted by molar-refractivity contribution is 5.04. The van der Waals surface area contributed by atoms with Crippen LogP contribution < -0.4 is 5.32 Å². The van der Waals surface area contributed by atoms with E-state index in [1.165, 1.54) is 0 Å². The summed E-state index contributed by atoms with van der Waals surface area (Å²) in [6.45, 7) is 5.21. The van der Waals surface area contributed by atoms with E-state index in [4.69, 9.17) is 9.26 Å². The second-order valence-electron chi connectivity index (χ2n) is 4.92. The van der Waals surface area contributed by atoms with Gasteiger partial charge >= 0.3 is 0 Å². The van der Waals surface area contributed by atoms with Gasteiger partial charge in [-0.05, 0) is 39.8 Å². The van der Waals surface area contributed by atoms with E-state index in [9.17, 15) is 5.11 Å². The molecule has 2 rings (SSSR count). The SMILES string of the molecule is COC(C)(C)c1noc(C2(O)CCNCC2)n1. The molecule has 0 bridgehead atoms. The standard InChI is InChI=1S/C11H19N3O3/c1-10(2,16-3)8-13-9(17-14-8)11(15)4-6-12-7-5-11/h12,15H,4-7H2,1-3H3. The number of hydrogen-bond donors (Lipinski definition) is 2. The third-order valence-electron chi connectivity index (χ3n) is 3.30. The molecule has 2 heterocycles. The summed E-state index contributed by atoms with van der Waals surface area (Å²) < 4.78 is 10.5.